The fourth-order valence-corrected chi connectivity index (χ4v) is 3.99. The van der Waals surface area contributed by atoms with Crippen LogP contribution in [0.15, 0.2) is 24.3 Å². The molecule has 2 heterocycles. The Kier molecular flexibility index (Phi) is 4.65. The highest BCUT2D eigenvalue weighted by Gasteiger charge is 2.37. The lowest BCUT2D eigenvalue weighted by Crippen LogP contribution is -2.41. The summed E-state index contributed by atoms with van der Waals surface area (Å²) in [7, 11) is 0. The van der Waals surface area contributed by atoms with E-state index >= 15 is 0 Å². The van der Waals surface area contributed by atoms with Crippen LogP contribution in [-0.4, -0.2) is 30.1 Å². The van der Waals surface area contributed by atoms with E-state index in [-0.39, 0.29) is 0 Å². The number of hydrogen-bond acceptors (Lipinski definition) is 2. The fraction of sp³-hybridized carbons (Fsp3) is 0.647. The molecule has 3 rings (SSSR count). The van der Waals surface area contributed by atoms with Crippen LogP contribution in [-0.2, 0) is 0 Å². The van der Waals surface area contributed by atoms with Gasteiger partial charge in [-0.3, -0.25) is 4.90 Å². The number of rotatable bonds is 5. The Labute approximate surface area is 127 Å². The van der Waals surface area contributed by atoms with Crippen molar-refractivity contribution in [1.29, 1.82) is 0 Å². The number of hydrogen-bond donors (Lipinski definition) is 1. The van der Waals surface area contributed by atoms with Gasteiger partial charge in [-0.25, -0.2) is 0 Å². The minimum absolute atomic E-state index is 0.475. The zero-order valence-corrected chi connectivity index (χ0v) is 13.1. The molecule has 3 atom stereocenters. The molecular formula is C17H25ClN2. The predicted octanol–water partition coefficient (Wildman–Crippen LogP) is 4.01. The summed E-state index contributed by atoms with van der Waals surface area (Å²) in [4.78, 5) is 2.67. The van der Waals surface area contributed by atoms with Crippen LogP contribution >= 0.6 is 11.6 Å². The van der Waals surface area contributed by atoms with E-state index in [0.717, 1.165) is 11.1 Å². The van der Waals surface area contributed by atoms with E-state index in [2.05, 4.69) is 29.3 Å². The van der Waals surface area contributed by atoms with Crippen molar-refractivity contribution in [1.82, 2.24) is 10.2 Å². The van der Waals surface area contributed by atoms with Gasteiger partial charge < -0.3 is 5.32 Å². The second-order valence-corrected chi connectivity index (χ2v) is 6.64. The van der Waals surface area contributed by atoms with Gasteiger partial charge in [0, 0.05) is 29.7 Å². The Morgan fingerprint density at radius 1 is 1.25 bits per heavy atom. The minimum atomic E-state index is 0.475. The molecule has 2 aliphatic heterocycles. The SMILES string of the molecule is CCCC(NC1CCN2CCCC12)c1ccc(Cl)cc1. The Balaban J connectivity index is 1.69. The van der Waals surface area contributed by atoms with Crippen LogP contribution in [0.3, 0.4) is 0 Å². The average Bonchev–Trinajstić information content (AvgIpc) is 3.04. The van der Waals surface area contributed by atoms with E-state index in [1.165, 1.54) is 50.8 Å². The monoisotopic (exact) mass is 292 g/mol. The van der Waals surface area contributed by atoms with Gasteiger partial charge in [-0.1, -0.05) is 37.1 Å². The molecule has 2 aliphatic rings. The molecule has 0 amide bonds. The van der Waals surface area contributed by atoms with Crippen LogP contribution in [0.1, 0.15) is 50.6 Å². The number of halogens is 1. The topological polar surface area (TPSA) is 15.3 Å². The second kappa shape index (κ2) is 6.46. The molecule has 20 heavy (non-hydrogen) atoms. The van der Waals surface area contributed by atoms with E-state index in [4.69, 9.17) is 11.6 Å². The van der Waals surface area contributed by atoms with E-state index < -0.39 is 0 Å². The molecule has 3 unspecified atom stereocenters. The second-order valence-electron chi connectivity index (χ2n) is 6.20. The third kappa shape index (κ3) is 3.03. The van der Waals surface area contributed by atoms with Gasteiger partial charge >= 0.3 is 0 Å². The molecule has 1 aromatic carbocycles. The zero-order valence-electron chi connectivity index (χ0n) is 12.3. The lowest BCUT2D eigenvalue weighted by Gasteiger charge is -2.27. The smallest absolute Gasteiger partial charge is 0.0406 e. The van der Waals surface area contributed by atoms with Crippen molar-refractivity contribution in [2.45, 2.75) is 57.2 Å². The molecule has 110 valence electrons. The highest BCUT2D eigenvalue weighted by molar-refractivity contribution is 6.30. The first-order valence-corrected chi connectivity index (χ1v) is 8.41. The van der Waals surface area contributed by atoms with Crippen LogP contribution in [0, 0.1) is 0 Å². The summed E-state index contributed by atoms with van der Waals surface area (Å²) in [6, 6.07) is 10.3. The van der Waals surface area contributed by atoms with E-state index in [1.54, 1.807) is 0 Å². The lowest BCUT2D eigenvalue weighted by atomic mass is 9.98. The molecule has 2 fully saturated rings. The Morgan fingerprint density at radius 3 is 2.80 bits per heavy atom. The van der Waals surface area contributed by atoms with Crippen LogP contribution in [0.2, 0.25) is 5.02 Å². The average molecular weight is 293 g/mol. The van der Waals surface area contributed by atoms with Crippen molar-refractivity contribution in [2.75, 3.05) is 13.1 Å². The number of benzene rings is 1. The fourth-order valence-electron chi connectivity index (χ4n) is 3.87. The quantitative estimate of drug-likeness (QED) is 0.882. The normalized spacial score (nSPS) is 27.7. The molecular weight excluding hydrogens is 268 g/mol. The maximum absolute atomic E-state index is 6.01. The molecule has 0 aromatic heterocycles. The lowest BCUT2D eigenvalue weighted by molar-refractivity contribution is 0.285. The summed E-state index contributed by atoms with van der Waals surface area (Å²) in [5.41, 5.74) is 1.38. The largest absolute Gasteiger partial charge is 0.306 e. The van der Waals surface area contributed by atoms with E-state index in [9.17, 15) is 0 Å². The zero-order chi connectivity index (χ0) is 13.9. The van der Waals surface area contributed by atoms with Gasteiger partial charge in [-0.05, 0) is 49.9 Å². The van der Waals surface area contributed by atoms with Gasteiger partial charge in [0.2, 0.25) is 0 Å². The van der Waals surface area contributed by atoms with Gasteiger partial charge in [0.25, 0.3) is 0 Å². The summed E-state index contributed by atoms with van der Waals surface area (Å²) in [6.45, 7) is 4.85. The first-order valence-electron chi connectivity index (χ1n) is 8.03. The molecule has 3 heteroatoms. The Bertz CT molecular complexity index is 431. The third-order valence-corrected chi connectivity index (χ3v) is 5.12. The number of fused-ring (bicyclic) bond motifs is 1. The summed E-state index contributed by atoms with van der Waals surface area (Å²) in [5, 5.41) is 4.77. The molecule has 0 saturated carbocycles. The first-order chi connectivity index (χ1) is 9.78. The van der Waals surface area contributed by atoms with Crippen molar-refractivity contribution in [3.8, 4) is 0 Å². The summed E-state index contributed by atoms with van der Waals surface area (Å²) < 4.78 is 0. The molecule has 0 radical (unpaired) electrons. The van der Waals surface area contributed by atoms with Gasteiger partial charge in [0.05, 0.1) is 0 Å². The van der Waals surface area contributed by atoms with E-state index in [1.807, 2.05) is 12.1 Å². The van der Waals surface area contributed by atoms with E-state index in [0.29, 0.717) is 12.1 Å². The summed E-state index contributed by atoms with van der Waals surface area (Å²) in [6.07, 6.45) is 6.46. The van der Waals surface area contributed by atoms with Crippen molar-refractivity contribution >= 4 is 11.6 Å². The van der Waals surface area contributed by atoms with Gasteiger partial charge in [0.1, 0.15) is 0 Å². The maximum atomic E-state index is 6.01. The molecule has 2 saturated heterocycles. The van der Waals surface area contributed by atoms with Crippen LogP contribution in [0.25, 0.3) is 0 Å². The van der Waals surface area contributed by atoms with Crippen LogP contribution in [0.5, 0.6) is 0 Å². The summed E-state index contributed by atoms with van der Waals surface area (Å²) in [5.74, 6) is 0. The number of nitrogens with one attached hydrogen (secondary N) is 1. The van der Waals surface area contributed by atoms with Crippen molar-refractivity contribution in [2.24, 2.45) is 0 Å². The van der Waals surface area contributed by atoms with Crippen molar-refractivity contribution < 1.29 is 0 Å². The highest BCUT2D eigenvalue weighted by atomic mass is 35.5. The van der Waals surface area contributed by atoms with Crippen LogP contribution in [0.4, 0.5) is 0 Å². The molecule has 1 N–H and O–H groups in total. The Morgan fingerprint density at radius 2 is 2.05 bits per heavy atom. The highest BCUT2D eigenvalue weighted by Crippen LogP contribution is 2.31. The Hall–Kier alpha value is -0.570. The third-order valence-electron chi connectivity index (χ3n) is 4.87. The summed E-state index contributed by atoms with van der Waals surface area (Å²) >= 11 is 6.01. The van der Waals surface area contributed by atoms with Crippen molar-refractivity contribution in [3.05, 3.63) is 34.9 Å². The molecule has 1 aromatic rings. The molecule has 0 aliphatic carbocycles. The number of nitrogens with zero attached hydrogens (tertiary/aromatic N) is 1. The maximum Gasteiger partial charge on any atom is 0.0406 e. The van der Waals surface area contributed by atoms with Gasteiger partial charge in [0.15, 0.2) is 0 Å². The predicted molar refractivity (Wildman–Crippen MR) is 85.2 cm³/mol. The van der Waals surface area contributed by atoms with Gasteiger partial charge in [-0.15, -0.1) is 0 Å². The molecule has 0 bridgehead atoms. The molecule has 2 nitrogen and oxygen atoms in total. The minimum Gasteiger partial charge on any atom is -0.306 e. The standard InChI is InChI=1S/C17H25ClN2/c1-2-4-15(13-6-8-14(18)9-7-13)19-16-10-12-20-11-3-5-17(16)20/h6-9,15-17,19H,2-5,10-12H2,1H3. The molecule has 0 spiro atoms. The van der Waals surface area contributed by atoms with Crippen LogP contribution < -0.4 is 5.32 Å². The van der Waals surface area contributed by atoms with Gasteiger partial charge in [-0.2, -0.15) is 0 Å². The van der Waals surface area contributed by atoms with Crippen molar-refractivity contribution in [3.63, 3.8) is 0 Å². The first kappa shape index (κ1) is 14.4.